The van der Waals surface area contributed by atoms with Crippen molar-refractivity contribution in [2.45, 2.75) is 37.0 Å². The fourth-order valence-electron chi connectivity index (χ4n) is 4.16. The van der Waals surface area contributed by atoms with Crippen LogP contribution in [-0.2, 0) is 22.9 Å². The Morgan fingerprint density at radius 2 is 1.57 bits per heavy atom. The number of nitriles is 1. The van der Waals surface area contributed by atoms with Gasteiger partial charge in [0.2, 0.25) is 10.0 Å². The third-order valence-corrected chi connectivity index (χ3v) is 7.67. The summed E-state index contributed by atoms with van der Waals surface area (Å²) in [6.07, 6.45) is 5.14. The summed E-state index contributed by atoms with van der Waals surface area (Å²) in [6, 6.07) is 15.3. The van der Waals surface area contributed by atoms with E-state index in [-0.39, 0.29) is 0 Å². The SMILES string of the molecule is N#Cc1ccc(N2CCCN(S(=O)(=O)c3ccc4c(c3)CCCC4)CC2)cc1. The van der Waals surface area contributed by atoms with Crippen LogP contribution in [0.15, 0.2) is 47.4 Å². The summed E-state index contributed by atoms with van der Waals surface area (Å²) in [5, 5.41) is 8.95. The number of fused-ring (bicyclic) bond motifs is 1. The second kappa shape index (κ2) is 7.94. The second-order valence-corrected chi connectivity index (χ2v) is 9.48. The first-order chi connectivity index (χ1) is 13.6. The molecule has 0 bridgehead atoms. The fraction of sp³-hybridized carbons (Fsp3) is 0.409. The molecule has 0 atom stereocenters. The number of benzene rings is 2. The molecule has 1 aliphatic carbocycles. The van der Waals surface area contributed by atoms with Crippen molar-refractivity contribution in [2.75, 3.05) is 31.1 Å². The molecule has 0 radical (unpaired) electrons. The zero-order valence-corrected chi connectivity index (χ0v) is 16.8. The molecule has 4 rings (SSSR count). The minimum absolute atomic E-state index is 0.431. The minimum Gasteiger partial charge on any atom is -0.370 e. The molecule has 0 saturated carbocycles. The summed E-state index contributed by atoms with van der Waals surface area (Å²) in [5.74, 6) is 0. The van der Waals surface area contributed by atoms with Crippen LogP contribution in [0.25, 0.3) is 0 Å². The van der Waals surface area contributed by atoms with E-state index in [1.54, 1.807) is 10.4 Å². The first-order valence-corrected chi connectivity index (χ1v) is 11.4. The summed E-state index contributed by atoms with van der Waals surface area (Å²) in [5.41, 5.74) is 4.16. The van der Waals surface area contributed by atoms with Crippen molar-refractivity contribution in [2.24, 2.45) is 0 Å². The zero-order chi connectivity index (χ0) is 19.6. The lowest BCUT2D eigenvalue weighted by Gasteiger charge is -2.24. The summed E-state index contributed by atoms with van der Waals surface area (Å²) >= 11 is 0. The van der Waals surface area contributed by atoms with Crippen LogP contribution in [0.5, 0.6) is 0 Å². The van der Waals surface area contributed by atoms with Gasteiger partial charge in [0, 0.05) is 31.9 Å². The number of hydrogen-bond donors (Lipinski definition) is 0. The smallest absolute Gasteiger partial charge is 0.243 e. The van der Waals surface area contributed by atoms with E-state index in [1.807, 2.05) is 36.4 Å². The molecule has 0 N–H and O–H groups in total. The maximum atomic E-state index is 13.2. The molecule has 6 heteroatoms. The molecule has 28 heavy (non-hydrogen) atoms. The largest absolute Gasteiger partial charge is 0.370 e. The molecule has 146 valence electrons. The zero-order valence-electron chi connectivity index (χ0n) is 16.0. The number of rotatable bonds is 3. The highest BCUT2D eigenvalue weighted by Crippen LogP contribution is 2.27. The molecule has 1 fully saturated rings. The first-order valence-electron chi connectivity index (χ1n) is 9.95. The highest BCUT2D eigenvalue weighted by molar-refractivity contribution is 7.89. The van der Waals surface area contributed by atoms with E-state index in [0.29, 0.717) is 30.1 Å². The monoisotopic (exact) mass is 395 g/mol. The van der Waals surface area contributed by atoms with Gasteiger partial charge in [-0.3, -0.25) is 0 Å². The predicted octanol–water partition coefficient (Wildman–Crippen LogP) is 3.34. The van der Waals surface area contributed by atoms with E-state index in [4.69, 9.17) is 5.26 Å². The molecule has 5 nitrogen and oxygen atoms in total. The fourth-order valence-corrected chi connectivity index (χ4v) is 5.68. The number of hydrogen-bond acceptors (Lipinski definition) is 4. The molecule has 0 amide bonds. The Bertz CT molecular complexity index is 993. The van der Waals surface area contributed by atoms with Crippen molar-refractivity contribution in [3.05, 3.63) is 59.2 Å². The number of anilines is 1. The molecular weight excluding hydrogens is 370 g/mol. The molecule has 0 spiro atoms. The van der Waals surface area contributed by atoms with Crippen molar-refractivity contribution in [3.8, 4) is 6.07 Å². The molecule has 2 aromatic carbocycles. The van der Waals surface area contributed by atoms with Crippen LogP contribution in [0.3, 0.4) is 0 Å². The quantitative estimate of drug-likeness (QED) is 0.800. The van der Waals surface area contributed by atoms with Crippen LogP contribution >= 0.6 is 0 Å². The van der Waals surface area contributed by atoms with Crippen LogP contribution in [0.2, 0.25) is 0 Å². The Balaban J connectivity index is 1.50. The van der Waals surface area contributed by atoms with E-state index in [1.165, 1.54) is 17.5 Å². The van der Waals surface area contributed by atoms with Gasteiger partial charge >= 0.3 is 0 Å². The maximum absolute atomic E-state index is 13.2. The third-order valence-electron chi connectivity index (χ3n) is 5.77. The highest BCUT2D eigenvalue weighted by atomic mass is 32.2. The summed E-state index contributed by atoms with van der Waals surface area (Å²) in [4.78, 5) is 2.63. The van der Waals surface area contributed by atoms with Crippen LogP contribution < -0.4 is 4.90 Å². The van der Waals surface area contributed by atoms with Gasteiger partial charge in [0.15, 0.2) is 0 Å². The van der Waals surface area contributed by atoms with Gasteiger partial charge in [-0.1, -0.05) is 6.07 Å². The van der Waals surface area contributed by atoms with Gasteiger partial charge in [-0.05, 0) is 79.6 Å². The van der Waals surface area contributed by atoms with Gasteiger partial charge in [0.05, 0.1) is 16.5 Å². The van der Waals surface area contributed by atoms with E-state index >= 15 is 0 Å². The average molecular weight is 396 g/mol. The van der Waals surface area contributed by atoms with E-state index < -0.39 is 10.0 Å². The Labute approximate surface area is 167 Å². The second-order valence-electron chi connectivity index (χ2n) is 7.54. The van der Waals surface area contributed by atoms with Crippen molar-refractivity contribution >= 4 is 15.7 Å². The third kappa shape index (κ3) is 3.78. The normalized spacial score (nSPS) is 18.2. The predicted molar refractivity (Wildman–Crippen MR) is 110 cm³/mol. The van der Waals surface area contributed by atoms with Crippen molar-refractivity contribution in [1.82, 2.24) is 4.31 Å². The standard InChI is InChI=1S/C22H25N3O2S/c23-17-18-6-9-21(10-7-18)24-12-3-13-25(15-14-24)28(26,27)22-11-8-19-4-1-2-5-20(19)16-22/h6-11,16H,1-5,12-15H2. The van der Waals surface area contributed by atoms with Gasteiger partial charge < -0.3 is 4.90 Å². The van der Waals surface area contributed by atoms with Crippen molar-refractivity contribution in [1.29, 1.82) is 5.26 Å². The van der Waals surface area contributed by atoms with Gasteiger partial charge in [-0.25, -0.2) is 8.42 Å². The Morgan fingerprint density at radius 1 is 0.821 bits per heavy atom. The molecule has 1 heterocycles. The van der Waals surface area contributed by atoms with Crippen molar-refractivity contribution < 1.29 is 8.42 Å². The lowest BCUT2D eigenvalue weighted by Crippen LogP contribution is -2.35. The van der Waals surface area contributed by atoms with Crippen molar-refractivity contribution in [3.63, 3.8) is 0 Å². The van der Waals surface area contributed by atoms with Gasteiger partial charge in [0.25, 0.3) is 0 Å². The summed E-state index contributed by atoms with van der Waals surface area (Å²) in [6.45, 7) is 2.46. The van der Waals surface area contributed by atoms with Crippen LogP contribution in [0.1, 0.15) is 36.0 Å². The van der Waals surface area contributed by atoms with Crippen LogP contribution in [0.4, 0.5) is 5.69 Å². The molecule has 1 saturated heterocycles. The lowest BCUT2D eigenvalue weighted by atomic mass is 9.92. The maximum Gasteiger partial charge on any atom is 0.243 e. The number of nitrogens with zero attached hydrogens (tertiary/aromatic N) is 3. The molecule has 2 aliphatic rings. The lowest BCUT2D eigenvalue weighted by molar-refractivity contribution is 0.433. The number of aryl methyl sites for hydroxylation is 2. The van der Waals surface area contributed by atoms with Crippen LogP contribution in [-0.4, -0.2) is 38.9 Å². The van der Waals surface area contributed by atoms with Crippen LogP contribution in [0, 0.1) is 11.3 Å². The highest BCUT2D eigenvalue weighted by Gasteiger charge is 2.28. The number of sulfonamides is 1. The Hall–Kier alpha value is -2.36. The molecule has 0 unspecified atom stereocenters. The topological polar surface area (TPSA) is 64.4 Å². The average Bonchev–Trinajstić information content (AvgIpc) is 3.00. The molecule has 2 aromatic rings. The van der Waals surface area contributed by atoms with E-state index in [9.17, 15) is 8.42 Å². The summed E-state index contributed by atoms with van der Waals surface area (Å²) < 4.78 is 28.1. The minimum atomic E-state index is -3.47. The first kappa shape index (κ1) is 19.0. The Morgan fingerprint density at radius 3 is 2.32 bits per heavy atom. The molecular formula is C22H25N3O2S. The van der Waals surface area contributed by atoms with Gasteiger partial charge in [-0.2, -0.15) is 9.57 Å². The van der Waals surface area contributed by atoms with Gasteiger partial charge in [0.1, 0.15) is 0 Å². The van der Waals surface area contributed by atoms with E-state index in [0.717, 1.165) is 37.9 Å². The summed E-state index contributed by atoms with van der Waals surface area (Å²) in [7, 11) is -3.47. The van der Waals surface area contributed by atoms with E-state index in [2.05, 4.69) is 11.0 Å². The molecule has 0 aromatic heterocycles. The Kier molecular flexibility index (Phi) is 5.38. The molecule has 1 aliphatic heterocycles. The van der Waals surface area contributed by atoms with Gasteiger partial charge in [-0.15, -0.1) is 0 Å².